The monoisotopic (exact) mass is 518 g/mol. The van der Waals surface area contributed by atoms with Gasteiger partial charge in [-0.05, 0) is 67.1 Å². The molecule has 0 aliphatic rings. The van der Waals surface area contributed by atoms with Crippen molar-refractivity contribution in [2.24, 2.45) is 5.41 Å². The third-order valence-corrected chi connectivity index (χ3v) is 6.71. The highest BCUT2D eigenvalue weighted by molar-refractivity contribution is 5.99. The Morgan fingerprint density at radius 3 is 2.49 bits per heavy atom. The van der Waals surface area contributed by atoms with Crippen molar-refractivity contribution in [1.29, 1.82) is 0 Å². The standard InChI is InChI=1S/C32H31FN6/c1-7-20(15-24(8-2)36-19(3)32(4,5)6)22-16-26-30(38-39-31(26)35-18-22)28-17-25-27(37-28)13-14-34-29(25)21-9-11-23(33)12-10-21/h7-18,36-37H,2-3H2,1,4-6H3,(H,35,38,39)/b20-7+,24-15+. The first-order valence-electron chi connectivity index (χ1n) is 12.7. The van der Waals surface area contributed by atoms with Gasteiger partial charge in [0, 0.05) is 56.6 Å². The van der Waals surface area contributed by atoms with E-state index in [0.29, 0.717) is 5.65 Å². The molecule has 0 fully saturated rings. The third kappa shape index (κ3) is 5.16. The SMILES string of the molecule is C=C/C(=C\C(=C/C)c1cnc2[nH]nc(-c3cc4c(-c5ccc(F)cc5)nccc4[nH]3)c2c1)NC(=C)C(C)(C)C. The largest absolute Gasteiger partial charge is 0.359 e. The van der Waals surface area contributed by atoms with Crippen molar-refractivity contribution in [3.63, 3.8) is 0 Å². The summed E-state index contributed by atoms with van der Waals surface area (Å²) in [6.07, 6.45) is 9.44. The minimum Gasteiger partial charge on any atom is -0.359 e. The number of hydrogen-bond acceptors (Lipinski definition) is 4. The van der Waals surface area contributed by atoms with Crippen LogP contribution in [-0.4, -0.2) is 25.1 Å². The highest BCUT2D eigenvalue weighted by atomic mass is 19.1. The molecule has 4 aromatic heterocycles. The summed E-state index contributed by atoms with van der Waals surface area (Å²) >= 11 is 0. The molecule has 0 amide bonds. The molecule has 5 rings (SSSR count). The molecule has 0 bridgehead atoms. The molecular weight excluding hydrogens is 487 g/mol. The number of H-pyrrole nitrogens is 2. The zero-order valence-corrected chi connectivity index (χ0v) is 22.6. The number of nitrogens with one attached hydrogen (secondary N) is 3. The maximum absolute atomic E-state index is 13.5. The van der Waals surface area contributed by atoms with E-state index in [1.807, 2.05) is 37.4 Å². The van der Waals surface area contributed by atoms with Crippen LogP contribution in [0.15, 0.2) is 97.6 Å². The van der Waals surface area contributed by atoms with Gasteiger partial charge in [-0.3, -0.25) is 10.1 Å². The van der Waals surface area contributed by atoms with Gasteiger partial charge in [-0.15, -0.1) is 0 Å². The molecule has 0 radical (unpaired) electrons. The molecule has 0 aliphatic heterocycles. The Labute approximate surface area is 227 Å². The lowest BCUT2D eigenvalue weighted by molar-refractivity contribution is 0.478. The van der Waals surface area contributed by atoms with E-state index < -0.39 is 0 Å². The number of aromatic amines is 2. The number of rotatable bonds is 7. The summed E-state index contributed by atoms with van der Waals surface area (Å²) in [5.74, 6) is -0.280. The first-order chi connectivity index (χ1) is 18.7. The Kier molecular flexibility index (Phi) is 6.74. The van der Waals surface area contributed by atoms with E-state index in [1.54, 1.807) is 24.4 Å². The average molecular weight is 519 g/mol. The number of fused-ring (bicyclic) bond motifs is 2. The summed E-state index contributed by atoms with van der Waals surface area (Å²) in [5, 5.41) is 12.8. The minimum absolute atomic E-state index is 0.0873. The maximum Gasteiger partial charge on any atom is 0.155 e. The average Bonchev–Trinajstić information content (AvgIpc) is 3.54. The Morgan fingerprint density at radius 1 is 1.03 bits per heavy atom. The van der Waals surface area contributed by atoms with Gasteiger partial charge in [0.1, 0.15) is 11.5 Å². The number of halogens is 1. The van der Waals surface area contributed by atoms with Gasteiger partial charge in [0.05, 0.1) is 11.4 Å². The smallest absolute Gasteiger partial charge is 0.155 e. The minimum atomic E-state index is -0.280. The second kappa shape index (κ2) is 10.2. The van der Waals surface area contributed by atoms with Crippen LogP contribution in [0.4, 0.5) is 4.39 Å². The Bertz CT molecular complexity index is 1760. The summed E-state index contributed by atoms with van der Waals surface area (Å²) in [4.78, 5) is 12.7. The second-order valence-corrected chi connectivity index (χ2v) is 10.4. The first kappa shape index (κ1) is 25.9. The summed E-state index contributed by atoms with van der Waals surface area (Å²) in [5.41, 5.74) is 8.41. The van der Waals surface area contributed by atoms with Gasteiger partial charge in [-0.1, -0.05) is 40.0 Å². The van der Waals surface area contributed by atoms with E-state index in [0.717, 1.165) is 61.5 Å². The summed E-state index contributed by atoms with van der Waals surface area (Å²) in [6.45, 7) is 16.5. The number of pyridine rings is 2. The molecule has 0 atom stereocenters. The molecule has 1 aromatic carbocycles. The van der Waals surface area contributed by atoms with Crippen molar-refractivity contribution in [2.75, 3.05) is 0 Å². The van der Waals surface area contributed by atoms with Crippen LogP contribution in [0.25, 0.3) is 50.2 Å². The fraction of sp³-hybridized carbons (Fsp3) is 0.156. The van der Waals surface area contributed by atoms with Gasteiger partial charge >= 0.3 is 0 Å². The topological polar surface area (TPSA) is 82.3 Å². The molecule has 4 heterocycles. The highest BCUT2D eigenvalue weighted by Gasteiger charge is 2.17. The molecule has 7 heteroatoms. The van der Waals surface area contributed by atoms with Crippen molar-refractivity contribution < 1.29 is 4.39 Å². The molecule has 0 aliphatic carbocycles. The number of hydrogen-bond donors (Lipinski definition) is 3. The lowest BCUT2D eigenvalue weighted by Gasteiger charge is -2.23. The molecule has 0 saturated carbocycles. The molecule has 3 N–H and O–H groups in total. The fourth-order valence-corrected chi connectivity index (χ4v) is 4.29. The maximum atomic E-state index is 13.5. The van der Waals surface area contributed by atoms with E-state index in [1.165, 1.54) is 12.1 Å². The normalized spacial score (nSPS) is 12.7. The van der Waals surface area contributed by atoms with E-state index >= 15 is 0 Å². The number of benzene rings is 1. The van der Waals surface area contributed by atoms with E-state index in [-0.39, 0.29) is 11.2 Å². The van der Waals surface area contributed by atoms with Crippen LogP contribution in [0.2, 0.25) is 0 Å². The molecular formula is C32H31FN6. The summed E-state index contributed by atoms with van der Waals surface area (Å²) < 4.78 is 13.5. The van der Waals surface area contributed by atoms with Crippen LogP contribution in [0.3, 0.4) is 0 Å². The number of allylic oxidation sites excluding steroid dienone is 5. The predicted molar refractivity (Wildman–Crippen MR) is 158 cm³/mol. The zero-order chi connectivity index (χ0) is 27.7. The number of nitrogens with zero attached hydrogens (tertiary/aromatic N) is 3. The van der Waals surface area contributed by atoms with E-state index in [9.17, 15) is 4.39 Å². The molecule has 39 heavy (non-hydrogen) atoms. The second-order valence-electron chi connectivity index (χ2n) is 10.4. The molecule has 196 valence electrons. The first-order valence-corrected chi connectivity index (χ1v) is 12.7. The van der Waals surface area contributed by atoms with Gasteiger partial charge in [0.25, 0.3) is 0 Å². The Morgan fingerprint density at radius 2 is 1.79 bits per heavy atom. The predicted octanol–water partition coefficient (Wildman–Crippen LogP) is 7.93. The van der Waals surface area contributed by atoms with Crippen LogP contribution in [-0.2, 0) is 0 Å². The lowest BCUT2D eigenvalue weighted by Crippen LogP contribution is -2.22. The van der Waals surface area contributed by atoms with Crippen LogP contribution >= 0.6 is 0 Å². The lowest BCUT2D eigenvalue weighted by atomic mass is 9.92. The van der Waals surface area contributed by atoms with Crippen LogP contribution in [0.1, 0.15) is 33.3 Å². The van der Waals surface area contributed by atoms with Crippen molar-refractivity contribution >= 4 is 27.5 Å². The van der Waals surface area contributed by atoms with Crippen molar-refractivity contribution in [3.8, 4) is 22.6 Å². The summed E-state index contributed by atoms with van der Waals surface area (Å²) in [6, 6.07) is 12.4. The van der Waals surface area contributed by atoms with Crippen LogP contribution < -0.4 is 5.32 Å². The van der Waals surface area contributed by atoms with E-state index in [2.05, 4.69) is 70.5 Å². The molecule has 5 aromatic rings. The zero-order valence-electron chi connectivity index (χ0n) is 22.6. The van der Waals surface area contributed by atoms with Crippen LogP contribution in [0, 0.1) is 11.2 Å². The van der Waals surface area contributed by atoms with Crippen LogP contribution in [0.5, 0.6) is 0 Å². The van der Waals surface area contributed by atoms with Crippen molar-refractivity contribution in [1.82, 2.24) is 30.5 Å². The molecule has 0 spiro atoms. The number of aromatic nitrogens is 5. The third-order valence-electron chi connectivity index (χ3n) is 6.71. The van der Waals surface area contributed by atoms with Crippen molar-refractivity contribution in [2.45, 2.75) is 27.7 Å². The molecule has 6 nitrogen and oxygen atoms in total. The molecule has 0 unspecified atom stereocenters. The fourth-order valence-electron chi connectivity index (χ4n) is 4.29. The van der Waals surface area contributed by atoms with Crippen molar-refractivity contribution in [3.05, 3.63) is 109 Å². The van der Waals surface area contributed by atoms with Gasteiger partial charge in [-0.25, -0.2) is 9.37 Å². The van der Waals surface area contributed by atoms with Gasteiger partial charge in [0.2, 0.25) is 0 Å². The molecule has 0 saturated heterocycles. The van der Waals surface area contributed by atoms with Gasteiger partial charge < -0.3 is 10.3 Å². The van der Waals surface area contributed by atoms with E-state index in [4.69, 9.17) is 0 Å². The highest BCUT2D eigenvalue weighted by Crippen LogP contribution is 2.33. The summed E-state index contributed by atoms with van der Waals surface area (Å²) in [7, 11) is 0. The van der Waals surface area contributed by atoms with Gasteiger partial charge in [-0.2, -0.15) is 5.10 Å². The quantitative estimate of drug-likeness (QED) is 0.191. The van der Waals surface area contributed by atoms with Gasteiger partial charge in [0.15, 0.2) is 5.65 Å². The Balaban J connectivity index is 1.54. The Hall–Kier alpha value is -4.78.